The molecule has 0 atom stereocenters. The van der Waals surface area contributed by atoms with Gasteiger partial charge in [-0.1, -0.05) is 6.92 Å². The van der Waals surface area contributed by atoms with Crippen molar-refractivity contribution in [3.05, 3.63) is 35.3 Å². The minimum Gasteiger partial charge on any atom is -0.494 e. The Morgan fingerprint density at radius 1 is 1.18 bits per heavy atom. The summed E-state index contributed by atoms with van der Waals surface area (Å²) in [5.74, 6) is 0.746. The second-order valence-corrected chi connectivity index (χ2v) is 7.50. The molecule has 1 heterocycles. The maximum Gasteiger partial charge on any atom is 0.264 e. The number of thiazole rings is 1. The SMILES string of the molecule is CCc1cnc(-c2ccc(OCCCOS(C)(=O)=O)cc2)s1. The van der Waals surface area contributed by atoms with E-state index in [-0.39, 0.29) is 6.61 Å². The predicted octanol–water partition coefficient (Wildman–Crippen LogP) is 3.12. The van der Waals surface area contributed by atoms with Crippen LogP contribution in [-0.2, 0) is 20.7 Å². The lowest BCUT2D eigenvalue weighted by atomic mass is 10.2. The van der Waals surface area contributed by atoms with Crippen LogP contribution in [-0.4, -0.2) is 32.9 Å². The summed E-state index contributed by atoms with van der Waals surface area (Å²) in [6.07, 6.45) is 4.46. The number of hydrogen-bond donors (Lipinski definition) is 0. The number of ether oxygens (including phenoxy) is 1. The Morgan fingerprint density at radius 2 is 1.91 bits per heavy atom. The second kappa shape index (κ2) is 7.71. The van der Waals surface area contributed by atoms with Crippen molar-refractivity contribution in [2.45, 2.75) is 19.8 Å². The van der Waals surface area contributed by atoms with Crippen LogP contribution in [0.4, 0.5) is 0 Å². The zero-order valence-corrected chi connectivity index (χ0v) is 14.2. The lowest BCUT2D eigenvalue weighted by molar-refractivity contribution is 0.252. The van der Waals surface area contributed by atoms with E-state index in [2.05, 4.69) is 16.1 Å². The van der Waals surface area contributed by atoms with Gasteiger partial charge in [0.15, 0.2) is 0 Å². The maximum absolute atomic E-state index is 10.8. The van der Waals surface area contributed by atoms with Crippen LogP contribution in [0.5, 0.6) is 5.75 Å². The van der Waals surface area contributed by atoms with Crippen molar-refractivity contribution < 1.29 is 17.3 Å². The van der Waals surface area contributed by atoms with E-state index in [4.69, 9.17) is 4.74 Å². The highest BCUT2D eigenvalue weighted by molar-refractivity contribution is 7.85. The van der Waals surface area contributed by atoms with Crippen molar-refractivity contribution in [1.29, 1.82) is 0 Å². The number of benzene rings is 1. The van der Waals surface area contributed by atoms with E-state index in [1.54, 1.807) is 11.3 Å². The van der Waals surface area contributed by atoms with Gasteiger partial charge < -0.3 is 4.74 Å². The fourth-order valence-corrected chi connectivity index (χ4v) is 3.04. The molecule has 5 nitrogen and oxygen atoms in total. The molecule has 0 spiro atoms. The maximum atomic E-state index is 10.8. The summed E-state index contributed by atoms with van der Waals surface area (Å²) >= 11 is 1.69. The van der Waals surface area contributed by atoms with Crippen molar-refractivity contribution in [3.8, 4) is 16.3 Å². The molecule has 0 aliphatic heterocycles. The Kier molecular flexibility index (Phi) is 5.93. The van der Waals surface area contributed by atoms with E-state index in [0.29, 0.717) is 13.0 Å². The second-order valence-electron chi connectivity index (χ2n) is 4.74. The van der Waals surface area contributed by atoms with Gasteiger partial charge in [0.1, 0.15) is 10.8 Å². The van der Waals surface area contributed by atoms with Gasteiger partial charge >= 0.3 is 0 Å². The average Bonchev–Trinajstić information content (AvgIpc) is 2.95. The highest BCUT2D eigenvalue weighted by Crippen LogP contribution is 2.27. The zero-order chi connectivity index (χ0) is 16.0. The molecule has 0 radical (unpaired) electrons. The molecule has 0 aliphatic carbocycles. The van der Waals surface area contributed by atoms with Crippen molar-refractivity contribution >= 4 is 21.5 Å². The van der Waals surface area contributed by atoms with E-state index in [0.717, 1.165) is 29.0 Å². The fourth-order valence-electron chi connectivity index (χ4n) is 1.76. The van der Waals surface area contributed by atoms with Crippen LogP contribution in [0.3, 0.4) is 0 Å². The van der Waals surface area contributed by atoms with Gasteiger partial charge in [0.2, 0.25) is 0 Å². The molecule has 0 N–H and O–H groups in total. The molecule has 0 bridgehead atoms. The Hall–Kier alpha value is -1.44. The van der Waals surface area contributed by atoms with Gasteiger partial charge in [0.05, 0.1) is 19.5 Å². The fraction of sp³-hybridized carbons (Fsp3) is 0.400. The van der Waals surface area contributed by atoms with E-state index in [1.165, 1.54) is 4.88 Å². The summed E-state index contributed by atoms with van der Waals surface area (Å²) in [4.78, 5) is 5.67. The molecule has 0 saturated heterocycles. The Balaban J connectivity index is 1.82. The van der Waals surface area contributed by atoms with Crippen LogP contribution in [0.15, 0.2) is 30.5 Å². The van der Waals surface area contributed by atoms with Gasteiger partial charge in [0, 0.05) is 23.1 Å². The van der Waals surface area contributed by atoms with Crippen molar-refractivity contribution in [2.75, 3.05) is 19.5 Å². The minimum atomic E-state index is -3.37. The lowest BCUT2D eigenvalue weighted by Crippen LogP contribution is -2.07. The third-order valence-electron chi connectivity index (χ3n) is 2.86. The molecule has 0 saturated carbocycles. The largest absolute Gasteiger partial charge is 0.494 e. The summed E-state index contributed by atoms with van der Waals surface area (Å²) in [6.45, 7) is 2.66. The standard InChI is InChI=1S/C15H19NO4S2/c1-3-14-11-16-15(21-14)12-5-7-13(8-6-12)19-9-4-10-20-22(2,17)18/h5-8,11H,3-4,9-10H2,1-2H3. The van der Waals surface area contributed by atoms with Gasteiger partial charge in [-0.2, -0.15) is 8.42 Å². The van der Waals surface area contributed by atoms with E-state index >= 15 is 0 Å². The lowest BCUT2D eigenvalue weighted by Gasteiger charge is -2.06. The van der Waals surface area contributed by atoms with E-state index < -0.39 is 10.1 Å². The molecular weight excluding hydrogens is 322 g/mol. The molecular formula is C15H19NO4S2. The van der Waals surface area contributed by atoms with Gasteiger partial charge in [-0.05, 0) is 30.7 Å². The number of rotatable bonds is 8. The number of hydrogen-bond acceptors (Lipinski definition) is 6. The summed E-state index contributed by atoms with van der Waals surface area (Å²) in [6, 6.07) is 7.72. The summed E-state index contributed by atoms with van der Waals surface area (Å²) < 4.78 is 31.8. The predicted molar refractivity (Wildman–Crippen MR) is 87.8 cm³/mol. The van der Waals surface area contributed by atoms with Crippen LogP contribution >= 0.6 is 11.3 Å². The molecule has 0 fully saturated rings. The number of aryl methyl sites for hydroxylation is 1. The first-order valence-corrected chi connectivity index (χ1v) is 9.63. The van der Waals surface area contributed by atoms with Crippen LogP contribution in [0.25, 0.3) is 10.6 Å². The molecule has 0 aliphatic rings. The number of aromatic nitrogens is 1. The van der Waals surface area contributed by atoms with Crippen molar-refractivity contribution in [2.24, 2.45) is 0 Å². The molecule has 0 amide bonds. The molecule has 2 aromatic rings. The molecule has 1 aromatic carbocycles. The Bertz CT molecular complexity index is 693. The monoisotopic (exact) mass is 341 g/mol. The highest BCUT2D eigenvalue weighted by Gasteiger charge is 2.04. The zero-order valence-electron chi connectivity index (χ0n) is 12.6. The third kappa shape index (κ3) is 5.40. The average molecular weight is 341 g/mol. The van der Waals surface area contributed by atoms with Gasteiger partial charge in [-0.25, -0.2) is 4.98 Å². The van der Waals surface area contributed by atoms with Crippen LogP contribution in [0.2, 0.25) is 0 Å². The van der Waals surface area contributed by atoms with Gasteiger partial charge in [-0.15, -0.1) is 11.3 Å². The Morgan fingerprint density at radius 3 is 2.50 bits per heavy atom. The topological polar surface area (TPSA) is 65.5 Å². The highest BCUT2D eigenvalue weighted by atomic mass is 32.2. The third-order valence-corrected chi connectivity index (χ3v) is 4.64. The van der Waals surface area contributed by atoms with Crippen LogP contribution in [0.1, 0.15) is 18.2 Å². The molecule has 120 valence electrons. The van der Waals surface area contributed by atoms with Crippen molar-refractivity contribution in [3.63, 3.8) is 0 Å². The molecule has 22 heavy (non-hydrogen) atoms. The van der Waals surface area contributed by atoms with Crippen molar-refractivity contribution in [1.82, 2.24) is 4.98 Å². The summed E-state index contributed by atoms with van der Waals surface area (Å²) in [5.41, 5.74) is 1.07. The summed E-state index contributed by atoms with van der Waals surface area (Å²) in [5, 5.41) is 1.00. The van der Waals surface area contributed by atoms with E-state index in [1.807, 2.05) is 30.5 Å². The quantitative estimate of drug-likeness (QED) is 0.545. The molecule has 2 rings (SSSR count). The van der Waals surface area contributed by atoms with E-state index in [9.17, 15) is 8.42 Å². The Labute approximate surface area is 135 Å². The smallest absolute Gasteiger partial charge is 0.264 e. The number of nitrogens with zero attached hydrogens (tertiary/aromatic N) is 1. The van der Waals surface area contributed by atoms with Gasteiger partial charge in [0.25, 0.3) is 10.1 Å². The normalized spacial score (nSPS) is 11.5. The first-order valence-electron chi connectivity index (χ1n) is 7.00. The molecule has 0 unspecified atom stereocenters. The van der Waals surface area contributed by atoms with Crippen LogP contribution < -0.4 is 4.74 Å². The molecule has 1 aromatic heterocycles. The molecule has 7 heteroatoms. The minimum absolute atomic E-state index is 0.135. The van der Waals surface area contributed by atoms with Gasteiger partial charge in [-0.3, -0.25) is 4.18 Å². The summed E-state index contributed by atoms with van der Waals surface area (Å²) in [7, 11) is -3.37. The van der Waals surface area contributed by atoms with Crippen LogP contribution in [0, 0.1) is 0 Å². The first kappa shape index (κ1) is 16.9. The first-order chi connectivity index (χ1) is 10.5.